The van der Waals surface area contributed by atoms with Crippen LogP contribution in [0.15, 0.2) is 66.0 Å². The lowest BCUT2D eigenvalue weighted by Crippen LogP contribution is -2.40. The highest BCUT2D eigenvalue weighted by molar-refractivity contribution is 6.16. The highest BCUT2D eigenvalue weighted by Crippen LogP contribution is 2.36. The molecule has 2 atom stereocenters. The first-order chi connectivity index (χ1) is 17.5. The summed E-state index contributed by atoms with van der Waals surface area (Å²) >= 11 is 0. The standard InChI is InChI=1S/C29H29N5O2/c1-19-12-22(8-11-30-19)27-25-14-21(6-7-23(25)16-32-27)26(35)13-20-4-2-9-29(36,15-20)18-34-17-24-5-3-10-31-28(24)33-34/h3,5-8,10-12,14,17,20,36H,2,4,9,13,15-16,18H2,1H3/t20-,29+/m0/s1. The van der Waals surface area contributed by atoms with Crippen molar-refractivity contribution >= 4 is 22.5 Å². The summed E-state index contributed by atoms with van der Waals surface area (Å²) < 4.78 is 1.80. The molecule has 0 amide bonds. The number of fused-ring (bicyclic) bond motifs is 2. The van der Waals surface area contributed by atoms with Crippen molar-refractivity contribution in [3.05, 3.63) is 89.0 Å². The first-order valence-corrected chi connectivity index (χ1v) is 12.6. The smallest absolute Gasteiger partial charge is 0.181 e. The van der Waals surface area contributed by atoms with E-state index in [1.807, 2.05) is 55.6 Å². The SMILES string of the molecule is Cc1cc(C2=NCc3ccc(C(=O)C[C@@H]4CCC[C@](O)(Cn5cc6cccnc6n5)C4)cc32)ccn1. The summed E-state index contributed by atoms with van der Waals surface area (Å²) in [5.74, 6) is 0.266. The van der Waals surface area contributed by atoms with Gasteiger partial charge in [-0.2, -0.15) is 5.10 Å². The van der Waals surface area contributed by atoms with Gasteiger partial charge in [0.05, 0.1) is 24.4 Å². The van der Waals surface area contributed by atoms with Gasteiger partial charge >= 0.3 is 0 Å². The second-order valence-corrected chi connectivity index (χ2v) is 10.3. The molecule has 1 aromatic carbocycles. The van der Waals surface area contributed by atoms with Gasteiger partial charge in [0.25, 0.3) is 0 Å². The van der Waals surface area contributed by atoms with Crippen LogP contribution in [0.3, 0.4) is 0 Å². The third-order valence-corrected chi connectivity index (χ3v) is 7.45. The molecule has 4 aromatic rings. The van der Waals surface area contributed by atoms with Crippen molar-refractivity contribution < 1.29 is 9.90 Å². The van der Waals surface area contributed by atoms with Crippen molar-refractivity contribution in [3.8, 4) is 0 Å². The molecule has 3 aromatic heterocycles. The number of aromatic nitrogens is 4. The molecular weight excluding hydrogens is 450 g/mol. The number of aryl methyl sites for hydroxylation is 1. The molecule has 1 aliphatic heterocycles. The van der Waals surface area contributed by atoms with Gasteiger partial charge in [0.15, 0.2) is 11.4 Å². The normalized spacial score (nSPS) is 21.4. The summed E-state index contributed by atoms with van der Waals surface area (Å²) in [6.45, 7) is 3.02. The van der Waals surface area contributed by atoms with E-state index in [2.05, 4.69) is 15.1 Å². The van der Waals surface area contributed by atoms with Crippen molar-refractivity contribution in [2.45, 2.75) is 57.7 Å². The molecule has 0 radical (unpaired) electrons. The van der Waals surface area contributed by atoms with Gasteiger partial charge in [0.1, 0.15) is 0 Å². The topological polar surface area (TPSA) is 93.3 Å². The molecule has 0 unspecified atom stereocenters. The molecule has 0 spiro atoms. The highest BCUT2D eigenvalue weighted by atomic mass is 16.3. The second kappa shape index (κ2) is 9.06. The van der Waals surface area contributed by atoms with Crippen molar-refractivity contribution in [2.75, 3.05) is 0 Å². The Morgan fingerprint density at radius 1 is 1.17 bits per heavy atom. The van der Waals surface area contributed by atoms with E-state index in [1.54, 1.807) is 17.1 Å². The van der Waals surface area contributed by atoms with Gasteiger partial charge in [0, 0.05) is 52.8 Å². The average Bonchev–Trinajstić information content (AvgIpc) is 3.46. The van der Waals surface area contributed by atoms with Gasteiger partial charge in [-0.1, -0.05) is 18.6 Å². The van der Waals surface area contributed by atoms with Crippen LogP contribution in [-0.4, -0.2) is 42.0 Å². The Labute approximate surface area is 209 Å². The van der Waals surface area contributed by atoms with Crippen LogP contribution in [-0.2, 0) is 13.1 Å². The van der Waals surface area contributed by atoms with Crippen LogP contribution in [0, 0.1) is 12.8 Å². The van der Waals surface area contributed by atoms with Gasteiger partial charge < -0.3 is 5.11 Å². The predicted octanol–water partition coefficient (Wildman–Crippen LogP) is 4.68. The first-order valence-electron chi connectivity index (χ1n) is 12.6. The number of carbonyl (C=O) groups is 1. The molecule has 7 heteroatoms. The number of hydrogen-bond donors (Lipinski definition) is 1. The minimum Gasteiger partial charge on any atom is -0.388 e. The van der Waals surface area contributed by atoms with E-state index in [0.29, 0.717) is 43.6 Å². The Hall–Kier alpha value is -3.71. The lowest BCUT2D eigenvalue weighted by molar-refractivity contribution is -0.0325. The van der Waals surface area contributed by atoms with Gasteiger partial charge in [0.2, 0.25) is 0 Å². The fourth-order valence-electron chi connectivity index (χ4n) is 5.74. The zero-order valence-corrected chi connectivity index (χ0v) is 20.4. The van der Waals surface area contributed by atoms with Crippen molar-refractivity contribution in [2.24, 2.45) is 10.9 Å². The number of nitrogens with zero attached hydrogens (tertiary/aromatic N) is 5. The Morgan fingerprint density at radius 3 is 2.94 bits per heavy atom. The number of aliphatic imine (C=N–C) groups is 1. The molecule has 7 nitrogen and oxygen atoms in total. The summed E-state index contributed by atoms with van der Waals surface area (Å²) in [6.07, 6.45) is 9.05. The van der Waals surface area contributed by atoms with Crippen LogP contribution in [0.4, 0.5) is 0 Å². The number of carbonyl (C=O) groups excluding carboxylic acids is 1. The van der Waals surface area contributed by atoms with Crippen LogP contribution in [0.2, 0.25) is 0 Å². The fourth-order valence-corrected chi connectivity index (χ4v) is 5.74. The van der Waals surface area contributed by atoms with E-state index in [1.165, 1.54) is 0 Å². The van der Waals surface area contributed by atoms with Crippen LogP contribution >= 0.6 is 0 Å². The minimum atomic E-state index is -0.873. The minimum absolute atomic E-state index is 0.123. The summed E-state index contributed by atoms with van der Waals surface area (Å²) in [4.78, 5) is 26.7. The predicted molar refractivity (Wildman–Crippen MR) is 138 cm³/mol. The Balaban J connectivity index is 1.16. The highest BCUT2D eigenvalue weighted by Gasteiger charge is 2.36. The maximum atomic E-state index is 13.3. The van der Waals surface area contributed by atoms with Crippen LogP contribution in [0.1, 0.15) is 64.8 Å². The third kappa shape index (κ3) is 4.46. The Bertz CT molecular complexity index is 1460. The molecule has 182 valence electrons. The largest absolute Gasteiger partial charge is 0.388 e. The van der Waals surface area contributed by atoms with E-state index in [4.69, 9.17) is 4.99 Å². The molecule has 6 rings (SSSR count). The lowest BCUT2D eigenvalue weighted by atomic mass is 9.75. The Kier molecular flexibility index (Phi) is 5.72. The van der Waals surface area contributed by atoms with E-state index in [9.17, 15) is 9.90 Å². The van der Waals surface area contributed by atoms with Crippen molar-refractivity contribution in [1.82, 2.24) is 19.7 Å². The molecule has 36 heavy (non-hydrogen) atoms. The van der Waals surface area contributed by atoms with Gasteiger partial charge in [-0.05, 0) is 68.0 Å². The monoisotopic (exact) mass is 479 g/mol. The fraction of sp³-hybridized carbons (Fsp3) is 0.345. The maximum absolute atomic E-state index is 13.3. The molecule has 4 heterocycles. The van der Waals surface area contributed by atoms with E-state index < -0.39 is 5.60 Å². The zero-order valence-electron chi connectivity index (χ0n) is 20.4. The van der Waals surface area contributed by atoms with Gasteiger partial charge in [-0.25, -0.2) is 4.98 Å². The molecule has 1 saturated carbocycles. The summed E-state index contributed by atoms with van der Waals surface area (Å²) in [7, 11) is 0. The van der Waals surface area contributed by atoms with E-state index in [0.717, 1.165) is 46.3 Å². The number of hydrogen-bond acceptors (Lipinski definition) is 6. The van der Waals surface area contributed by atoms with Gasteiger partial charge in [-0.3, -0.25) is 19.5 Å². The number of Topliss-reactive ketones (excluding diaryl/α,β-unsaturated/α-hetero) is 1. The molecule has 1 N–H and O–H groups in total. The van der Waals surface area contributed by atoms with Crippen LogP contribution < -0.4 is 0 Å². The molecular formula is C29H29N5O2. The van der Waals surface area contributed by atoms with Crippen molar-refractivity contribution in [3.63, 3.8) is 0 Å². The molecule has 1 aliphatic carbocycles. The number of pyridine rings is 2. The first kappa shape index (κ1) is 22.7. The second-order valence-electron chi connectivity index (χ2n) is 10.3. The van der Waals surface area contributed by atoms with Crippen LogP contribution in [0.5, 0.6) is 0 Å². The Morgan fingerprint density at radius 2 is 2.08 bits per heavy atom. The molecule has 0 bridgehead atoms. The number of rotatable bonds is 6. The maximum Gasteiger partial charge on any atom is 0.181 e. The number of benzene rings is 1. The number of ketones is 1. The molecule has 0 saturated heterocycles. The zero-order chi connectivity index (χ0) is 24.7. The average molecular weight is 480 g/mol. The van der Waals surface area contributed by atoms with E-state index >= 15 is 0 Å². The summed E-state index contributed by atoms with van der Waals surface area (Å²) in [5, 5.41) is 16.9. The lowest BCUT2D eigenvalue weighted by Gasteiger charge is -2.36. The summed E-state index contributed by atoms with van der Waals surface area (Å²) in [6, 6.07) is 13.8. The van der Waals surface area contributed by atoms with Gasteiger partial charge in [-0.15, -0.1) is 0 Å². The van der Waals surface area contributed by atoms with Crippen LogP contribution in [0.25, 0.3) is 11.0 Å². The molecule has 1 fully saturated rings. The quantitative estimate of drug-likeness (QED) is 0.405. The van der Waals surface area contributed by atoms with Crippen molar-refractivity contribution in [1.29, 1.82) is 0 Å². The van der Waals surface area contributed by atoms with E-state index in [-0.39, 0.29) is 11.7 Å². The third-order valence-electron chi connectivity index (χ3n) is 7.45. The number of aliphatic hydroxyl groups is 1. The summed E-state index contributed by atoms with van der Waals surface area (Å²) in [5.41, 5.74) is 5.61. The molecule has 2 aliphatic rings.